The van der Waals surface area contributed by atoms with Crippen LogP contribution in [0.5, 0.6) is 0 Å². The largest absolute Gasteiger partial charge is 0.296 e. The zero-order valence-corrected chi connectivity index (χ0v) is 14.8. The second-order valence-electron chi connectivity index (χ2n) is 5.61. The van der Waals surface area contributed by atoms with Crippen LogP contribution in [0.4, 0.5) is 0 Å². The topological polar surface area (TPSA) is 53.5 Å². The summed E-state index contributed by atoms with van der Waals surface area (Å²) >= 11 is 1.39. The van der Waals surface area contributed by atoms with Crippen molar-refractivity contribution in [2.75, 3.05) is 26.2 Å². The van der Waals surface area contributed by atoms with Gasteiger partial charge in [0.15, 0.2) is 0 Å². The van der Waals surface area contributed by atoms with Gasteiger partial charge < -0.3 is 0 Å². The first-order chi connectivity index (χ1) is 11.1. The van der Waals surface area contributed by atoms with Gasteiger partial charge in [0.25, 0.3) is 10.0 Å². The van der Waals surface area contributed by atoms with Gasteiger partial charge in [0.05, 0.1) is 0 Å². The molecule has 2 aromatic heterocycles. The van der Waals surface area contributed by atoms with E-state index in [9.17, 15) is 8.42 Å². The number of piperazine rings is 1. The molecule has 0 bridgehead atoms. The first-order valence-electron chi connectivity index (χ1n) is 7.79. The van der Waals surface area contributed by atoms with Crippen LogP contribution in [0.25, 0.3) is 0 Å². The molecule has 3 rings (SSSR count). The molecule has 1 fully saturated rings. The molecular formula is C16H21N3O2S2. The molecule has 0 aromatic carbocycles. The van der Waals surface area contributed by atoms with Crippen LogP contribution in [0.3, 0.4) is 0 Å². The maximum absolute atomic E-state index is 12.7. The quantitative estimate of drug-likeness (QED) is 0.829. The molecule has 0 spiro atoms. The molecule has 0 atom stereocenters. The van der Waals surface area contributed by atoms with Crippen LogP contribution in [0.2, 0.25) is 0 Å². The lowest BCUT2D eigenvalue weighted by Crippen LogP contribution is -2.48. The lowest BCUT2D eigenvalue weighted by Gasteiger charge is -2.33. The number of aryl methyl sites for hydroxylation is 1. The van der Waals surface area contributed by atoms with Crippen molar-refractivity contribution >= 4 is 21.4 Å². The van der Waals surface area contributed by atoms with Crippen LogP contribution in [0.1, 0.15) is 17.4 Å². The molecule has 7 heteroatoms. The number of nitrogens with zero attached hydrogens (tertiary/aromatic N) is 3. The van der Waals surface area contributed by atoms with Crippen molar-refractivity contribution in [2.24, 2.45) is 0 Å². The van der Waals surface area contributed by atoms with E-state index in [1.54, 1.807) is 22.8 Å². The van der Waals surface area contributed by atoms with Gasteiger partial charge in [-0.1, -0.05) is 6.92 Å². The minimum atomic E-state index is -3.33. The minimum absolute atomic E-state index is 0.469. The van der Waals surface area contributed by atoms with E-state index in [1.807, 2.05) is 25.1 Å². The third-order valence-electron chi connectivity index (χ3n) is 4.07. The maximum atomic E-state index is 12.7. The van der Waals surface area contributed by atoms with Gasteiger partial charge in [0, 0.05) is 50.0 Å². The molecule has 1 saturated heterocycles. The Labute approximate surface area is 141 Å². The van der Waals surface area contributed by atoms with Gasteiger partial charge in [-0.15, -0.1) is 11.3 Å². The molecule has 2 aromatic rings. The third kappa shape index (κ3) is 3.80. The number of rotatable bonds is 5. The Hall–Kier alpha value is -1.28. The SMILES string of the molecule is CCc1ccc(S(=O)(=O)N2CCN(Cc3ccncc3)CC2)s1. The summed E-state index contributed by atoms with van der Waals surface area (Å²) in [5.41, 5.74) is 1.21. The molecule has 5 nitrogen and oxygen atoms in total. The summed E-state index contributed by atoms with van der Waals surface area (Å²) in [6, 6.07) is 7.65. The van der Waals surface area contributed by atoms with E-state index in [4.69, 9.17) is 0 Å². The monoisotopic (exact) mass is 351 g/mol. The van der Waals surface area contributed by atoms with E-state index in [0.29, 0.717) is 17.3 Å². The van der Waals surface area contributed by atoms with Crippen molar-refractivity contribution in [3.63, 3.8) is 0 Å². The fraction of sp³-hybridized carbons (Fsp3) is 0.438. The third-order valence-corrected chi connectivity index (χ3v) is 7.66. The van der Waals surface area contributed by atoms with Gasteiger partial charge in [0.2, 0.25) is 0 Å². The van der Waals surface area contributed by atoms with Gasteiger partial charge in [-0.2, -0.15) is 4.31 Å². The van der Waals surface area contributed by atoms with Gasteiger partial charge >= 0.3 is 0 Å². The molecule has 0 radical (unpaired) electrons. The Kier molecular flexibility index (Phi) is 5.11. The molecule has 0 saturated carbocycles. The highest BCUT2D eigenvalue weighted by atomic mass is 32.2. The minimum Gasteiger partial charge on any atom is -0.296 e. The molecule has 23 heavy (non-hydrogen) atoms. The molecule has 0 aliphatic carbocycles. The molecule has 0 amide bonds. The van der Waals surface area contributed by atoms with Gasteiger partial charge in [-0.3, -0.25) is 9.88 Å². The van der Waals surface area contributed by atoms with E-state index in [-0.39, 0.29) is 0 Å². The van der Waals surface area contributed by atoms with Crippen LogP contribution in [-0.4, -0.2) is 48.8 Å². The van der Waals surface area contributed by atoms with Crippen molar-refractivity contribution in [2.45, 2.75) is 24.1 Å². The highest BCUT2D eigenvalue weighted by molar-refractivity contribution is 7.91. The fourth-order valence-corrected chi connectivity index (χ4v) is 5.56. The molecule has 0 unspecified atom stereocenters. The zero-order valence-electron chi connectivity index (χ0n) is 13.2. The Morgan fingerprint density at radius 2 is 1.78 bits per heavy atom. The van der Waals surface area contributed by atoms with Crippen LogP contribution in [0.15, 0.2) is 40.9 Å². The number of hydrogen-bond donors (Lipinski definition) is 0. The van der Waals surface area contributed by atoms with Gasteiger partial charge in [0.1, 0.15) is 4.21 Å². The summed E-state index contributed by atoms with van der Waals surface area (Å²) in [7, 11) is -3.33. The summed E-state index contributed by atoms with van der Waals surface area (Å²) in [6.07, 6.45) is 4.45. The summed E-state index contributed by atoms with van der Waals surface area (Å²) in [6.45, 7) is 5.50. The van der Waals surface area contributed by atoms with Crippen LogP contribution in [-0.2, 0) is 23.0 Å². The molecule has 124 valence electrons. The Morgan fingerprint density at radius 3 is 2.39 bits per heavy atom. The van der Waals surface area contributed by atoms with Crippen molar-refractivity contribution in [1.29, 1.82) is 0 Å². The van der Waals surface area contributed by atoms with Gasteiger partial charge in [-0.05, 0) is 36.2 Å². The summed E-state index contributed by atoms with van der Waals surface area (Å²) in [4.78, 5) is 7.42. The first kappa shape index (κ1) is 16.6. The summed E-state index contributed by atoms with van der Waals surface area (Å²) in [5.74, 6) is 0. The normalized spacial score (nSPS) is 17.4. The summed E-state index contributed by atoms with van der Waals surface area (Å²) < 4.78 is 27.5. The second kappa shape index (κ2) is 7.09. The van der Waals surface area contributed by atoms with Crippen LogP contribution >= 0.6 is 11.3 Å². The lowest BCUT2D eigenvalue weighted by atomic mass is 10.2. The second-order valence-corrected chi connectivity index (χ2v) is 8.94. The zero-order chi connectivity index (χ0) is 16.3. The number of sulfonamides is 1. The highest BCUT2D eigenvalue weighted by Gasteiger charge is 2.29. The fourth-order valence-electron chi connectivity index (χ4n) is 2.69. The Bertz CT molecular complexity index is 736. The lowest BCUT2D eigenvalue weighted by molar-refractivity contribution is 0.181. The smallest absolute Gasteiger partial charge is 0.252 e. The van der Waals surface area contributed by atoms with E-state index in [1.165, 1.54) is 16.9 Å². The van der Waals surface area contributed by atoms with E-state index in [0.717, 1.165) is 30.9 Å². The predicted octanol–water partition coefficient (Wildman–Crippen LogP) is 2.21. The van der Waals surface area contributed by atoms with E-state index >= 15 is 0 Å². The maximum Gasteiger partial charge on any atom is 0.252 e. The average molecular weight is 351 g/mol. The number of aromatic nitrogens is 1. The van der Waals surface area contributed by atoms with Crippen LogP contribution in [0, 0.1) is 0 Å². The molecule has 3 heterocycles. The average Bonchev–Trinajstić information content (AvgIpc) is 3.06. The molecular weight excluding hydrogens is 330 g/mol. The van der Waals surface area contributed by atoms with E-state index < -0.39 is 10.0 Å². The van der Waals surface area contributed by atoms with Crippen molar-refractivity contribution in [1.82, 2.24) is 14.2 Å². The number of pyridine rings is 1. The van der Waals surface area contributed by atoms with Crippen molar-refractivity contribution in [3.05, 3.63) is 47.1 Å². The Balaban J connectivity index is 1.62. The van der Waals surface area contributed by atoms with Crippen LogP contribution < -0.4 is 0 Å². The number of hydrogen-bond acceptors (Lipinski definition) is 5. The standard InChI is InChI=1S/C16H21N3O2S2/c1-2-15-3-4-16(22-15)23(20,21)19-11-9-18(10-12-19)13-14-5-7-17-8-6-14/h3-8H,2,9-13H2,1H3. The highest BCUT2D eigenvalue weighted by Crippen LogP contribution is 2.26. The van der Waals surface area contributed by atoms with Crippen molar-refractivity contribution < 1.29 is 8.42 Å². The summed E-state index contributed by atoms with van der Waals surface area (Å²) in [5, 5.41) is 0. The predicted molar refractivity (Wildman–Crippen MR) is 92.0 cm³/mol. The molecule has 0 N–H and O–H groups in total. The Morgan fingerprint density at radius 1 is 1.09 bits per heavy atom. The molecule has 1 aliphatic rings. The first-order valence-corrected chi connectivity index (χ1v) is 10.1. The van der Waals surface area contributed by atoms with Gasteiger partial charge in [-0.25, -0.2) is 8.42 Å². The number of thiophene rings is 1. The van der Waals surface area contributed by atoms with E-state index in [2.05, 4.69) is 9.88 Å². The van der Waals surface area contributed by atoms with Crippen molar-refractivity contribution in [3.8, 4) is 0 Å². The molecule has 1 aliphatic heterocycles.